The minimum absolute atomic E-state index is 0.472. The molecule has 88 valence electrons. The standard InChI is InChI=1S/C15H13N3/c1-11-2-6-13(7-3-11)15(17)18-14-8-4-12(10-16)5-9-14/h2-9H,1H3,(H2,17,18). The van der Waals surface area contributed by atoms with Crippen LogP contribution in [0.25, 0.3) is 0 Å². The third kappa shape index (κ3) is 2.74. The molecule has 0 unspecified atom stereocenters. The van der Waals surface area contributed by atoms with Crippen LogP contribution in [0.4, 0.5) is 5.69 Å². The van der Waals surface area contributed by atoms with Gasteiger partial charge in [0.15, 0.2) is 0 Å². The normalized spacial score (nSPS) is 11.0. The highest BCUT2D eigenvalue weighted by atomic mass is 14.9. The van der Waals surface area contributed by atoms with E-state index in [2.05, 4.69) is 11.1 Å². The quantitative estimate of drug-likeness (QED) is 0.642. The molecule has 3 nitrogen and oxygen atoms in total. The van der Waals surface area contributed by atoms with Gasteiger partial charge in [0.1, 0.15) is 5.84 Å². The topological polar surface area (TPSA) is 62.2 Å². The number of hydrogen-bond acceptors (Lipinski definition) is 2. The summed E-state index contributed by atoms with van der Waals surface area (Å²) in [7, 11) is 0. The predicted molar refractivity (Wildman–Crippen MR) is 72.7 cm³/mol. The molecule has 2 aromatic rings. The van der Waals surface area contributed by atoms with E-state index in [1.54, 1.807) is 24.3 Å². The van der Waals surface area contributed by atoms with Gasteiger partial charge in [0, 0.05) is 5.56 Å². The molecular weight excluding hydrogens is 222 g/mol. The molecule has 2 rings (SSSR count). The van der Waals surface area contributed by atoms with Crippen LogP contribution in [-0.4, -0.2) is 5.84 Å². The Bertz CT molecular complexity index is 602. The Kier molecular flexibility index (Phi) is 3.40. The van der Waals surface area contributed by atoms with E-state index in [0.29, 0.717) is 11.4 Å². The lowest BCUT2D eigenvalue weighted by atomic mass is 10.1. The van der Waals surface area contributed by atoms with E-state index < -0.39 is 0 Å². The van der Waals surface area contributed by atoms with Crippen molar-refractivity contribution in [2.45, 2.75) is 6.92 Å². The van der Waals surface area contributed by atoms with Crippen LogP contribution >= 0.6 is 0 Å². The zero-order chi connectivity index (χ0) is 13.0. The van der Waals surface area contributed by atoms with Crippen molar-refractivity contribution in [1.82, 2.24) is 0 Å². The van der Waals surface area contributed by atoms with Crippen LogP contribution in [-0.2, 0) is 0 Å². The Balaban J connectivity index is 2.26. The van der Waals surface area contributed by atoms with Crippen molar-refractivity contribution in [3.63, 3.8) is 0 Å². The molecule has 0 saturated heterocycles. The number of benzene rings is 2. The zero-order valence-electron chi connectivity index (χ0n) is 10.1. The number of amidine groups is 1. The van der Waals surface area contributed by atoms with E-state index in [0.717, 1.165) is 11.3 Å². The molecule has 0 spiro atoms. The van der Waals surface area contributed by atoms with Crippen molar-refractivity contribution in [2.75, 3.05) is 0 Å². The van der Waals surface area contributed by atoms with E-state index in [4.69, 9.17) is 11.0 Å². The van der Waals surface area contributed by atoms with Crippen LogP contribution in [0.3, 0.4) is 0 Å². The Labute approximate surface area is 106 Å². The second-order valence-corrected chi connectivity index (χ2v) is 4.02. The predicted octanol–water partition coefficient (Wildman–Crippen LogP) is 2.90. The number of aryl methyl sites for hydroxylation is 1. The van der Waals surface area contributed by atoms with Gasteiger partial charge in [-0.1, -0.05) is 29.8 Å². The summed E-state index contributed by atoms with van der Waals surface area (Å²) in [5, 5.41) is 8.70. The summed E-state index contributed by atoms with van der Waals surface area (Å²) in [6, 6.07) is 16.9. The molecule has 0 radical (unpaired) electrons. The first-order valence-electron chi connectivity index (χ1n) is 5.60. The lowest BCUT2D eigenvalue weighted by molar-refractivity contribution is 1.41. The molecule has 0 aliphatic rings. The third-order valence-corrected chi connectivity index (χ3v) is 2.59. The molecule has 0 fully saturated rings. The molecule has 0 aliphatic heterocycles. The lowest BCUT2D eigenvalue weighted by Crippen LogP contribution is -2.12. The Hall–Kier alpha value is -2.60. The molecule has 0 atom stereocenters. The van der Waals surface area contributed by atoms with Crippen molar-refractivity contribution in [3.8, 4) is 6.07 Å². The molecule has 0 heterocycles. The third-order valence-electron chi connectivity index (χ3n) is 2.59. The minimum Gasteiger partial charge on any atom is -0.383 e. The molecule has 0 saturated carbocycles. The van der Waals surface area contributed by atoms with Crippen molar-refractivity contribution in [3.05, 3.63) is 65.2 Å². The number of nitrogens with two attached hydrogens (primary N) is 1. The number of hydrogen-bond donors (Lipinski definition) is 1. The molecule has 3 heteroatoms. The maximum Gasteiger partial charge on any atom is 0.131 e. The molecule has 0 aliphatic carbocycles. The smallest absolute Gasteiger partial charge is 0.131 e. The molecule has 0 bridgehead atoms. The van der Waals surface area contributed by atoms with E-state index in [9.17, 15) is 0 Å². The fraction of sp³-hybridized carbons (Fsp3) is 0.0667. The monoisotopic (exact) mass is 235 g/mol. The van der Waals surface area contributed by atoms with Gasteiger partial charge in [0.05, 0.1) is 17.3 Å². The van der Waals surface area contributed by atoms with Gasteiger partial charge in [0.2, 0.25) is 0 Å². The van der Waals surface area contributed by atoms with Gasteiger partial charge >= 0.3 is 0 Å². The van der Waals surface area contributed by atoms with Crippen molar-refractivity contribution in [1.29, 1.82) is 5.26 Å². The highest BCUT2D eigenvalue weighted by Crippen LogP contribution is 2.14. The van der Waals surface area contributed by atoms with Gasteiger partial charge < -0.3 is 5.73 Å². The van der Waals surface area contributed by atoms with Crippen LogP contribution < -0.4 is 5.73 Å². The SMILES string of the molecule is Cc1ccc(C(N)=Nc2ccc(C#N)cc2)cc1. The van der Waals surface area contributed by atoms with E-state index in [1.165, 1.54) is 5.56 Å². The summed E-state index contributed by atoms with van der Waals surface area (Å²) in [6.07, 6.45) is 0. The Morgan fingerprint density at radius 2 is 1.67 bits per heavy atom. The van der Waals surface area contributed by atoms with Crippen molar-refractivity contribution < 1.29 is 0 Å². The number of aliphatic imine (C=N–C) groups is 1. The first kappa shape index (κ1) is 11.9. The van der Waals surface area contributed by atoms with Crippen molar-refractivity contribution in [2.24, 2.45) is 10.7 Å². The van der Waals surface area contributed by atoms with Crippen LogP contribution in [0.5, 0.6) is 0 Å². The fourth-order valence-corrected chi connectivity index (χ4v) is 1.54. The largest absolute Gasteiger partial charge is 0.383 e. The molecule has 0 amide bonds. The second-order valence-electron chi connectivity index (χ2n) is 4.02. The minimum atomic E-state index is 0.472. The van der Waals surface area contributed by atoms with Gasteiger partial charge in [-0.15, -0.1) is 0 Å². The summed E-state index contributed by atoms with van der Waals surface area (Å²) >= 11 is 0. The molecule has 2 aromatic carbocycles. The summed E-state index contributed by atoms with van der Waals surface area (Å²) in [4.78, 5) is 4.32. The van der Waals surface area contributed by atoms with E-state index in [1.807, 2.05) is 31.2 Å². The van der Waals surface area contributed by atoms with Crippen LogP contribution in [0.15, 0.2) is 53.5 Å². The van der Waals surface area contributed by atoms with Gasteiger partial charge in [0.25, 0.3) is 0 Å². The van der Waals surface area contributed by atoms with E-state index >= 15 is 0 Å². The van der Waals surface area contributed by atoms with Gasteiger partial charge in [-0.2, -0.15) is 5.26 Å². The van der Waals surface area contributed by atoms with Crippen LogP contribution in [0.1, 0.15) is 16.7 Å². The zero-order valence-corrected chi connectivity index (χ0v) is 10.1. The lowest BCUT2D eigenvalue weighted by Gasteiger charge is -2.01. The summed E-state index contributed by atoms with van der Waals surface area (Å²) in [5.74, 6) is 0.472. The van der Waals surface area contributed by atoms with Gasteiger partial charge in [-0.05, 0) is 31.2 Å². The number of nitrogens with zero attached hydrogens (tertiary/aromatic N) is 2. The molecule has 0 aromatic heterocycles. The Morgan fingerprint density at radius 1 is 1.06 bits per heavy atom. The maximum absolute atomic E-state index is 8.70. The number of nitriles is 1. The highest BCUT2D eigenvalue weighted by Gasteiger charge is 1.98. The second kappa shape index (κ2) is 5.15. The van der Waals surface area contributed by atoms with Crippen LogP contribution in [0, 0.1) is 18.3 Å². The molecule has 2 N–H and O–H groups in total. The van der Waals surface area contributed by atoms with Gasteiger partial charge in [-0.3, -0.25) is 0 Å². The molecular formula is C15H13N3. The first-order chi connectivity index (χ1) is 8.69. The highest BCUT2D eigenvalue weighted by molar-refractivity contribution is 5.99. The summed E-state index contributed by atoms with van der Waals surface area (Å²) in [6.45, 7) is 2.03. The average molecular weight is 235 g/mol. The summed E-state index contributed by atoms with van der Waals surface area (Å²) in [5.41, 5.74) is 9.37. The maximum atomic E-state index is 8.70. The van der Waals surface area contributed by atoms with Gasteiger partial charge in [-0.25, -0.2) is 4.99 Å². The number of rotatable bonds is 2. The van der Waals surface area contributed by atoms with E-state index in [-0.39, 0.29) is 0 Å². The van der Waals surface area contributed by atoms with Crippen molar-refractivity contribution >= 4 is 11.5 Å². The first-order valence-corrected chi connectivity index (χ1v) is 5.60. The Morgan fingerprint density at radius 3 is 2.22 bits per heavy atom. The van der Waals surface area contributed by atoms with Crippen LogP contribution in [0.2, 0.25) is 0 Å². The average Bonchev–Trinajstić information content (AvgIpc) is 2.40. The summed E-state index contributed by atoms with van der Waals surface area (Å²) < 4.78 is 0. The molecule has 18 heavy (non-hydrogen) atoms. The fourth-order valence-electron chi connectivity index (χ4n) is 1.54.